The van der Waals surface area contributed by atoms with Gasteiger partial charge in [0.15, 0.2) is 6.61 Å². The van der Waals surface area contributed by atoms with Gasteiger partial charge in [-0.1, -0.05) is 43.3 Å². The van der Waals surface area contributed by atoms with Crippen molar-refractivity contribution in [2.24, 2.45) is 0 Å². The molecule has 2 aromatic rings. The standard InChI is InChI=1S/C19H21NO2/c1-2-15-8-4-6-12-18(15)22-14-19(21)20-13-7-10-16-9-3-5-11-17(16)20/h3-6,8-9,11-12H,2,7,10,13-14H2,1H3. The van der Waals surface area contributed by atoms with Gasteiger partial charge >= 0.3 is 0 Å². The van der Waals surface area contributed by atoms with E-state index in [0.29, 0.717) is 0 Å². The van der Waals surface area contributed by atoms with E-state index >= 15 is 0 Å². The van der Waals surface area contributed by atoms with Gasteiger partial charge < -0.3 is 9.64 Å². The first-order valence-electron chi connectivity index (χ1n) is 7.88. The maximum atomic E-state index is 12.5. The summed E-state index contributed by atoms with van der Waals surface area (Å²) in [5.74, 6) is 0.835. The third kappa shape index (κ3) is 2.98. The Morgan fingerprint density at radius 1 is 1.14 bits per heavy atom. The Morgan fingerprint density at radius 2 is 1.91 bits per heavy atom. The molecule has 0 spiro atoms. The van der Waals surface area contributed by atoms with E-state index < -0.39 is 0 Å². The number of ether oxygens (including phenoxy) is 1. The summed E-state index contributed by atoms with van der Waals surface area (Å²) in [5, 5.41) is 0. The molecule has 0 aliphatic carbocycles. The summed E-state index contributed by atoms with van der Waals surface area (Å²) in [4.78, 5) is 14.4. The van der Waals surface area contributed by atoms with Crippen molar-refractivity contribution < 1.29 is 9.53 Å². The van der Waals surface area contributed by atoms with Crippen molar-refractivity contribution in [3.05, 3.63) is 59.7 Å². The topological polar surface area (TPSA) is 29.5 Å². The average molecular weight is 295 g/mol. The van der Waals surface area contributed by atoms with E-state index in [4.69, 9.17) is 4.74 Å². The minimum Gasteiger partial charge on any atom is -0.483 e. The van der Waals surface area contributed by atoms with Crippen LogP contribution in [0.3, 0.4) is 0 Å². The number of carbonyl (C=O) groups excluding carboxylic acids is 1. The van der Waals surface area contributed by atoms with Crippen molar-refractivity contribution in [3.8, 4) is 5.75 Å². The maximum Gasteiger partial charge on any atom is 0.264 e. The molecular weight excluding hydrogens is 274 g/mol. The van der Waals surface area contributed by atoms with Gasteiger partial charge in [-0.25, -0.2) is 0 Å². The van der Waals surface area contributed by atoms with Gasteiger partial charge in [0, 0.05) is 12.2 Å². The molecule has 1 aliphatic heterocycles. The predicted molar refractivity (Wildman–Crippen MR) is 88.4 cm³/mol. The van der Waals surface area contributed by atoms with Gasteiger partial charge in [0.05, 0.1) is 0 Å². The first-order chi connectivity index (χ1) is 10.8. The van der Waals surface area contributed by atoms with Gasteiger partial charge in [-0.3, -0.25) is 4.79 Å². The summed E-state index contributed by atoms with van der Waals surface area (Å²) < 4.78 is 5.77. The first-order valence-corrected chi connectivity index (χ1v) is 7.88. The third-order valence-electron chi connectivity index (χ3n) is 4.12. The lowest BCUT2D eigenvalue weighted by Gasteiger charge is -2.29. The molecule has 0 atom stereocenters. The second-order valence-corrected chi connectivity index (χ2v) is 5.53. The molecule has 0 saturated carbocycles. The average Bonchev–Trinajstić information content (AvgIpc) is 2.59. The highest BCUT2D eigenvalue weighted by Crippen LogP contribution is 2.27. The summed E-state index contributed by atoms with van der Waals surface area (Å²) >= 11 is 0. The molecule has 0 aromatic heterocycles. The summed E-state index contributed by atoms with van der Waals surface area (Å²) in [5.41, 5.74) is 3.41. The summed E-state index contributed by atoms with van der Waals surface area (Å²) in [6, 6.07) is 16.0. The molecule has 1 heterocycles. The largest absolute Gasteiger partial charge is 0.483 e. The number of hydrogen-bond acceptors (Lipinski definition) is 2. The highest BCUT2D eigenvalue weighted by atomic mass is 16.5. The van der Waals surface area contributed by atoms with Crippen LogP contribution in [0.15, 0.2) is 48.5 Å². The van der Waals surface area contributed by atoms with Gasteiger partial charge in [0.25, 0.3) is 5.91 Å². The number of carbonyl (C=O) groups is 1. The van der Waals surface area contributed by atoms with Crippen LogP contribution in [0.2, 0.25) is 0 Å². The van der Waals surface area contributed by atoms with Crippen molar-refractivity contribution in [1.82, 2.24) is 0 Å². The second kappa shape index (κ2) is 6.65. The zero-order valence-electron chi connectivity index (χ0n) is 12.9. The smallest absolute Gasteiger partial charge is 0.264 e. The van der Waals surface area contributed by atoms with Gasteiger partial charge in [-0.15, -0.1) is 0 Å². The van der Waals surface area contributed by atoms with Crippen molar-refractivity contribution in [1.29, 1.82) is 0 Å². The molecule has 1 aliphatic rings. The van der Waals surface area contributed by atoms with Crippen LogP contribution >= 0.6 is 0 Å². The van der Waals surface area contributed by atoms with E-state index in [1.165, 1.54) is 5.56 Å². The van der Waals surface area contributed by atoms with E-state index in [9.17, 15) is 4.79 Å². The maximum absolute atomic E-state index is 12.5. The van der Waals surface area contributed by atoms with Gasteiger partial charge in [-0.05, 0) is 42.5 Å². The Balaban J connectivity index is 1.71. The van der Waals surface area contributed by atoms with Crippen LogP contribution in [0.1, 0.15) is 24.5 Å². The predicted octanol–water partition coefficient (Wildman–Crippen LogP) is 3.61. The van der Waals surface area contributed by atoms with Crippen LogP contribution < -0.4 is 9.64 Å². The lowest BCUT2D eigenvalue weighted by molar-refractivity contribution is -0.120. The number of nitrogens with zero attached hydrogens (tertiary/aromatic N) is 1. The summed E-state index contributed by atoms with van der Waals surface area (Å²) in [6.45, 7) is 2.95. The Hall–Kier alpha value is -2.29. The molecule has 0 radical (unpaired) electrons. The zero-order chi connectivity index (χ0) is 15.4. The molecule has 0 saturated heterocycles. The van der Waals surface area contributed by atoms with Gasteiger partial charge in [0.2, 0.25) is 0 Å². The van der Waals surface area contributed by atoms with Crippen LogP contribution in [0.5, 0.6) is 5.75 Å². The number of benzene rings is 2. The van der Waals surface area contributed by atoms with Crippen molar-refractivity contribution in [2.45, 2.75) is 26.2 Å². The lowest BCUT2D eigenvalue weighted by atomic mass is 10.0. The minimum absolute atomic E-state index is 0.0260. The highest BCUT2D eigenvalue weighted by Gasteiger charge is 2.22. The van der Waals surface area contributed by atoms with Crippen molar-refractivity contribution in [3.63, 3.8) is 0 Å². The summed E-state index contributed by atoms with van der Waals surface area (Å²) in [6.07, 6.45) is 2.95. The van der Waals surface area contributed by atoms with Crippen molar-refractivity contribution in [2.75, 3.05) is 18.1 Å². The zero-order valence-corrected chi connectivity index (χ0v) is 12.9. The normalized spacial score (nSPS) is 13.6. The van der Waals surface area contributed by atoms with Crippen LogP contribution in [-0.4, -0.2) is 19.1 Å². The first kappa shape index (κ1) is 14.6. The number of para-hydroxylation sites is 2. The van der Waals surface area contributed by atoms with Crippen LogP contribution in [0, 0.1) is 0 Å². The van der Waals surface area contributed by atoms with Gasteiger partial charge in [0.1, 0.15) is 5.75 Å². The fourth-order valence-corrected chi connectivity index (χ4v) is 2.95. The molecule has 2 aromatic carbocycles. The molecule has 0 fully saturated rings. The molecule has 3 nitrogen and oxygen atoms in total. The molecule has 3 rings (SSSR count). The number of amides is 1. The number of hydrogen-bond donors (Lipinski definition) is 0. The van der Waals surface area contributed by atoms with E-state index in [1.54, 1.807) is 0 Å². The fraction of sp³-hybridized carbons (Fsp3) is 0.316. The number of rotatable bonds is 4. The summed E-state index contributed by atoms with van der Waals surface area (Å²) in [7, 11) is 0. The van der Waals surface area contributed by atoms with E-state index in [0.717, 1.165) is 42.8 Å². The third-order valence-corrected chi connectivity index (χ3v) is 4.12. The van der Waals surface area contributed by atoms with Gasteiger partial charge in [-0.2, -0.15) is 0 Å². The van der Waals surface area contributed by atoms with E-state index in [1.807, 2.05) is 47.4 Å². The highest BCUT2D eigenvalue weighted by molar-refractivity contribution is 5.95. The fourth-order valence-electron chi connectivity index (χ4n) is 2.95. The molecule has 22 heavy (non-hydrogen) atoms. The molecular formula is C19H21NO2. The molecule has 0 N–H and O–H groups in total. The molecule has 3 heteroatoms. The number of fused-ring (bicyclic) bond motifs is 1. The Kier molecular flexibility index (Phi) is 4.42. The van der Waals surface area contributed by atoms with E-state index in [-0.39, 0.29) is 12.5 Å². The monoisotopic (exact) mass is 295 g/mol. The Bertz CT molecular complexity index is 666. The SMILES string of the molecule is CCc1ccccc1OCC(=O)N1CCCc2ccccc21. The number of aryl methyl sites for hydroxylation is 2. The van der Waals surface area contributed by atoms with Crippen LogP contribution in [0.25, 0.3) is 0 Å². The lowest BCUT2D eigenvalue weighted by Crippen LogP contribution is -2.38. The molecule has 114 valence electrons. The van der Waals surface area contributed by atoms with Crippen LogP contribution in [0.4, 0.5) is 5.69 Å². The molecule has 0 bridgehead atoms. The quantitative estimate of drug-likeness (QED) is 0.862. The van der Waals surface area contributed by atoms with Crippen LogP contribution in [-0.2, 0) is 17.6 Å². The number of anilines is 1. The second-order valence-electron chi connectivity index (χ2n) is 5.53. The molecule has 0 unspecified atom stereocenters. The Labute approximate surface area is 131 Å². The molecule has 1 amide bonds. The van der Waals surface area contributed by atoms with Crippen molar-refractivity contribution >= 4 is 11.6 Å². The van der Waals surface area contributed by atoms with E-state index in [2.05, 4.69) is 13.0 Å². The Morgan fingerprint density at radius 3 is 2.77 bits per heavy atom. The minimum atomic E-state index is 0.0260.